The minimum atomic E-state index is -0.500. The van der Waals surface area contributed by atoms with E-state index in [-0.39, 0.29) is 18.2 Å². The van der Waals surface area contributed by atoms with Crippen molar-refractivity contribution in [1.82, 2.24) is 0 Å². The molecule has 1 aliphatic rings. The zero-order valence-corrected chi connectivity index (χ0v) is 8.03. The Morgan fingerprint density at radius 1 is 1.50 bits per heavy atom. The monoisotopic (exact) mass is 173 g/mol. The van der Waals surface area contributed by atoms with Gasteiger partial charge in [0.05, 0.1) is 18.3 Å². The third-order valence-corrected chi connectivity index (χ3v) is 2.56. The Balaban J connectivity index is 2.53. The van der Waals surface area contributed by atoms with Gasteiger partial charge in [-0.15, -0.1) is 0 Å². The number of hydrogen-bond donors (Lipinski definition) is 2. The maximum atomic E-state index is 9.50. The Labute approximate surface area is 73.9 Å². The van der Waals surface area contributed by atoms with Gasteiger partial charge in [-0.2, -0.15) is 0 Å². The van der Waals surface area contributed by atoms with Gasteiger partial charge in [0.15, 0.2) is 0 Å². The van der Waals surface area contributed by atoms with Crippen LogP contribution in [-0.4, -0.2) is 29.5 Å². The lowest BCUT2D eigenvalue weighted by molar-refractivity contribution is -0.131. The van der Waals surface area contributed by atoms with E-state index in [0.29, 0.717) is 5.92 Å². The minimum absolute atomic E-state index is 0.124. The summed E-state index contributed by atoms with van der Waals surface area (Å²) in [4.78, 5) is 0. The Kier molecular flexibility index (Phi) is 3.09. The van der Waals surface area contributed by atoms with Crippen molar-refractivity contribution in [2.75, 3.05) is 0 Å². The molecule has 0 spiro atoms. The highest BCUT2D eigenvalue weighted by molar-refractivity contribution is 4.86. The third-order valence-electron chi connectivity index (χ3n) is 2.56. The number of ether oxygens (including phenoxy) is 1. The van der Waals surface area contributed by atoms with Gasteiger partial charge in [0.2, 0.25) is 0 Å². The van der Waals surface area contributed by atoms with E-state index in [1.165, 1.54) is 0 Å². The molecule has 72 valence electrons. The summed E-state index contributed by atoms with van der Waals surface area (Å²) in [5, 5.41) is 9.50. The summed E-state index contributed by atoms with van der Waals surface area (Å²) in [5.41, 5.74) is 5.77. The van der Waals surface area contributed by atoms with Gasteiger partial charge in [0.25, 0.3) is 0 Å². The molecule has 0 aromatic rings. The predicted octanol–water partition coefficient (Wildman–Crippen LogP) is 0.508. The molecule has 0 radical (unpaired) electrons. The van der Waals surface area contributed by atoms with Crippen molar-refractivity contribution >= 4 is 0 Å². The molecule has 1 heterocycles. The van der Waals surface area contributed by atoms with Crippen LogP contribution in [0.15, 0.2) is 0 Å². The summed E-state index contributed by atoms with van der Waals surface area (Å²) in [6.07, 6.45) is 0.350. The van der Waals surface area contributed by atoms with E-state index in [4.69, 9.17) is 10.5 Å². The maximum absolute atomic E-state index is 9.50. The number of aliphatic hydroxyl groups is 1. The first kappa shape index (κ1) is 9.96. The zero-order valence-electron chi connectivity index (χ0n) is 8.03. The van der Waals surface area contributed by atoms with Crippen LogP contribution in [0.3, 0.4) is 0 Å². The quantitative estimate of drug-likeness (QED) is 0.607. The summed E-state index contributed by atoms with van der Waals surface area (Å²) in [7, 11) is 0. The molecule has 3 nitrogen and oxygen atoms in total. The van der Waals surface area contributed by atoms with Crippen LogP contribution in [0.2, 0.25) is 0 Å². The molecule has 4 unspecified atom stereocenters. The first-order valence-electron chi connectivity index (χ1n) is 4.61. The molecule has 0 saturated carbocycles. The highest BCUT2D eigenvalue weighted by Gasteiger charge is 2.33. The third kappa shape index (κ3) is 1.97. The highest BCUT2D eigenvalue weighted by atomic mass is 16.5. The fourth-order valence-electron chi connectivity index (χ4n) is 1.60. The number of hydrogen-bond acceptors (Lipinski definition) is 3. The van der Waals surface area contributed by atoms with E-state index >= 15 is 0 Å². The Bertz CT molecular complexity index is 137. The van der Waals surface area contributed by atoms with Gasteiger partial charge < -0.3 is 15.6 Å². The molecule has 1 fully saturated rings. The van der Waals surface area contributed by atoms with E-state index in [1.807, 2.05) is 6.92 Å². The van der Waals surface area contributed by atoms with Crippen molar-refractivity contribution in [3.63, 3.8) is 0 Å². The number of rotatable bonds is 1. The first-order valence-corrected chi connectivity index (χ1v) is 4.61. The highest BCUT2D eigenvalue weighted by Crippen LogP contribution is 2.23. The summed E-state index contributed by atoms with van der Waals surface area (Å²) >= 11 is 0. The second-order valence-electron chi connectivity index (χ2n) is 4.01. The lowest BCUT2D eigenvalue weighted by Gasteiger charge is -2.38. The summed E-state index contributed by atoms with van der Waals surface area (Å²) < 4.78 is 5.60. The van der Waals surface area contributed by atoms with Crippen LogP contribution >= 0.6 is 0 Å². The SMILES string of the molecule is CC(C)C1CC(N)C(O)C(C)O1. The first-order chi connectivity index (χ1) is 5.52. The average Bonchev–Trinajstić information content (AvgIpc) is 1.99. The van der Waals surface area contributed by atoms with Gasteiger partial charge in [0, 0.05) is 6.04 Å². The number of nitrogens with two attached hydrogens (primary N) is 1. The molecule has 0 aromatic heterocycles. The molecule has 4 atom stereocenters. The molecular weight excluding hydrogens is 154 g/mol. The van der Waals surface area contributed by atoms with Gasteiger partial charge in [0.1, 0.15) is 0 Å². The van der Waals surface area contributed by atoms with Crippen molar-refractivity contribution in [3.8, 4) is 0 Å². The van der Waals surface area contributed by atoms with Crippen molar-refractivity contribution in [2.45, 2.75) is 51.5 Å². The molecule has 1 aliphatic heterocycles. The molecule has 3 heteroatoms. The Hall–Kier alpha value is -0.120. The fraction of sp³-hybridized carbons (Fsp3) is 1.00. The van der Waals surface area contributed by atoms with Crippen LogP contribution in [0.1, 0.15) is 27.2 Å². The smallest absolute Gasteiger partial charge is 0.0950 e. The maximum Gasteiger partial charge on any atom is 0.0950 e. The van der Waals surface area contributed by atoms with Crippen molar-refractivity contribution in [1.29, 1.82) is 0 Å². The second kappa shape index (κ2) is 3.73. The molecule has 12 heavy (non-hydrogen) atoms. The summed E-state index contributed by atoms with van der Waals surface area (Å²) in [5.74, 6) is 0.478. The van der Waals surface area contributed by atoms with Crippen LogP contribution in [0.4, 0.5) is 0 Å². The van der Waals surface area contributed by atoms with Crippen molar-refractivity contribution in [3.05, 3.63) is 0 Å². The topological polar surface area (TPSA) is 55.5 Å². The Morgan fingerprint density at radius 2 is 2.08 bits per heavy atom. The van der Waals surface area contributed by atoms with Gasteiger partial charge in [-0.25, -0.2) is 0 Å². The normalized spacial score (nSPS) is 43.5. The van der Waals surface area contributed by atoms with Gasteiger partial charge in [-0.1, -0.05) is 13.8 Å². The molecule has 0 aromatic carbocycles. The fourth-order valence-corrected chi connectivity index (χ4v) is 1.60. The molecule has 1 rings (SSSR count). The standard InChI is InChI=1S/C9H19NO2/c1-5(2)8-4-7(10)9(11)6(3)12-8/h5-9,11H,4,10H2,1-3H3. The van der Waals surface area contributed by atoms with Crippen LogP contribution in [0.25, 0.3) is 0 Å². The van der Waals surface area contributed by atoms with Gasteiger partial charge in [-0.3, -0.25) is 0 Å². The summed E-state index contributed by atoms with van der Waals surface area (Å²) in [6.45, 7) is 6.10. The summed E-state index contributed by atoms with van der Waals surface area (Å²) in [6, 6.07) is -0.124. The molecule has 0 bridgehead atoms. The van der Waals surface area contributed by atoms with Crippen LogP contribution < -0.4 is 5.73 Å². The zero-order chi connectivity index (χ0) is 9.30. The van der Waals surface area contributed by atoms with Crippen LogP contribution in [0, 0.1) is 5.92 Å². The Morgan fingerprint density at radius 3 is 2.50 bits per heavy atom. The molecular formula is C9H19NO2. The second-order valence-corrected chi connectivity index (χ2v) is 4.01. The molecule has 3 N–H and O–H groups in total. The van der Waals surface area contributed by atoms with E-state index in [2.05, 4.69) is 13.8 Å². The van der Waals surface area contributed by atoms with Gasteiger partial charge >= 0.3 is 0 Å². The van der Waals surface area contributed by atoms with E-state index in [0.717, 1.165) is 6.42 Å². The van der Waals surface area contributed by atoms with E-state index in [1.54, 1.807) is 0 Å². The largest absolute Gasteiger partial charge is 0.389 e. The van der Waals surface area contributed by atoms with Crippen molar-refractivity contribution < 1.29 is 9.84 Å². The predicted molar refractivity (Wildman–Crippen MR) is 47.8 cm³/mol. The molecule has 0 aliphatic carbocycles. The van der Waals surface area contributed by atoms with Gasteiger partial charge in [-0.05, 0) is 19.3 Å². The van der Waals surface area contributed by atoms with Crippen molar-refractivity contribution in [2.24, 2.45) is 11.7 Å². The average molecular weight is 173 g/mol. The van der Waals surface area contributed by atoms with E-state index in [9.17, 15) is 5.11 Å². The lowest BCUT2D eigenvalue weighted by Crippen LogP contribution is -2.52. The number of aliphatic hydroxyl groups excluding tert-OH is 1. The van der Waals surface area contributed by atoms with Crippen LogP contribution in [0.5, 0.6) is 0 Å². The minimum Gasteiger partial charge on any atom is -0.389 e. The van der Waals surface area contributed by atoms with Crippen LogP contribution in [-0.2, 0) is 4.74 Å². The molecule has 0 amide bonds. The van der Waals surface area contributed by atoms with E-state index < -0.39 is 6.10 Å². The lowest BCUT2D eigenvalue weighted by atomic mass is 9.91. The molecule has 1 saturated heterocycles.